The van der Waals surface area contributed by atoms with Crippen LogP contribution in [0.4, 0.5) is 0 Å². The number of nitrogens with one attached hydrogen (secondary N) is 1. The Hall–Kier alpha value is -1.55. The van der Waals surface area contributed by atoms with E-state index in [0.29, 0.717) is 18.7 Å². The molecule has 0 spiro atoms. The van der Waals surface area contributed by atoms with E-state index in [1.807, 2.05) is 26.8 Å². The maximum atomic E-state index is 12.0. The molecule has 0 aliphatic rings. The minimum atomic E-state index is -0.0569. The Morgan fingerprint density at radius 2 is 2.06 bits per heavy atom. The SMILES string of the molecule is COc1ccc(C(=O)NCC(C)CN)c(C)c1C. The molecule has 1 amide bonds. The van der Waals surface area contributed by atoms with Crippen molar-refractivity contribution in [3.63, 3.8) is 0 Å². The maximum Gasteiger partial charge on any atom is 0.251 e. The van der Waals surface area contributed by atoms with Crippen LogP contribution in [-0.4, -0.2) is 26.1 Å². The summed E-state index contributed by atoms with van der Waals surface area (Å²) in [5, 5.41) is 2.90. The highest BCUT2D eigenvalue weighted by Crippen LogP contribution is 2.23. The standard InChI is InChI=1S/C14H22N2O2/c1-9(7-15)8-16-14(17)12-5-6-13(18-4)11(3)10(12)2/h5-6,9H,7-8,15H2,1-4H3,(H,16,17). The van der Waals surface area contributed by atoms with Crippen molar-refractivity contribution >= 4 is 5.91 Å². The van der Waals surface area contributed by atoms with Gasteiger partial charge in [-0.2, -0.15) is 0 Å². The normalized spacial score (nSPS) is 12.1. The van der Waals surface area contributed by atoms with Crippen molar-refractivity contribution in [2.45, 2.75) is 20.8 Å². The zero-order valence-corrected chi connectivity index (χ0v) is 11.5. The number of rotatable bonds is 5. The van der Waals surface area contributed by atoms with Gasteiger partial charge in [-0.1, -0.05) is 6.92 Å². The quantitative estimate of drug-likeness (QED) is 0.835. The third-order valence-corrected chi connectivity index (χ3v) is 3.22. The van der Waals surface area contributed by atoms with Gasteiger partial charge in [0.25, 0.3) is 5.91 Å². The maximum absolute atomic E-state index is 12.0. The summed E-state index contributed by atoms with van der Waals surface area (Å²) in [6, 6.07) is 3.62. The Balaban J connectivity index is 2.84. The lowest BCUT2D eigenvalue weighted by atomic mass is 10.0. The minimum absolute atomic E-state index is 0.0569. The molecule has 1 aromatic rings. The Kier molecular flexibility index (Phi) is 5.16. The van der Waals surface area contributed by atoms with Crippen molar-refractivity contribution in [1.29, 1.82) is 0 Å². The Labute approximate surface area is 109 Å². The summed E-state index contributed by atoms with van der Waals surface area (Å²) in [7, 11) is 1.63. The third kappa shape index (κ3) is 3.23. The van der Waals surface area contributed by atoms with Crippen molar-refractivity contribution < 1.29 is 9.53 Å². The summed E-state index contributed by atoms with van der Waals surface area (Å²) in [5.74, 6) is 1.03. The first kappa shape index (κ1) is 14.5. The number of benzene rings is 1. The topological polar surface area (TPSA) is 64.3 Å². The Morgan fingerprint density at radius 1 is 1.39 bits per heavy atom. The van der Waals surface area contributed by atoms with Crippen LogP contribution >= 0.6 is 0 Å². The molecule has 1 atom stereocenters. The molecule has 0 saturated heterocycles. The number of ether oxygens (including phenoxy) is 1. The number of nitrogens with two attached hydrogens (primary N) is 1. The molecule has 0 radical (unpaired) electrons. The van der Waals surface area contributed by atoms with Gasteiger partial charge < -0.3 is 15.8 Å². The summed E-state index contributed by atoms with van der Waals surface area (Å²) in [6.07, 6.45) is 0. The molecule has 1 unspecified atom stereocenters. The molecule has 1 rings (SSSR count). The Bertz CT molecular complexity index is 430. The van der Waals surface area contributed by atoms with Gasteiger partial charge in [-0.15, -0.1) is 0 Å². The molecule has 4 nitrogen and oxygen atoms in total. The molecule has 0 aromatic heterocycles. The molecular weight excluding hydrogens is 228 g/mol. The molecule has 0 saturated carbocycles. The summed E-state index contributed by atoms with van der Waals surface area (Å²) < 4.78 is 5.23. The number of hydrogen-bond donors (Lipinski definition) is 2. The second kappa shape index (κ2) is 6.40. The van der Waals surface area contributed by atoms with E-state index in [9.17, 15) is 4.79 Å². The lowest BCUT2D eigenvalue weighted by Crippen LogP contribution is -2.31. The van der Waals surface area contributed by atoms with E-state index >= 15 is 0 Å². The van der Waals surface area contributed by atoms with E-state index in [2.05, 4.69) is 5.32 Å². The van der Waals surface area contributed by atoms with Crippen molar-refractivity contribution in [3.05, 3.63) is 28.8 Å². The van der Waals surface area contributed by atoms with Crippen molar-refractivity contribution in [3.8, 4) is 5.75 Å². The van der Waals surface area contributed by atoms with Gasteiger partial charge >= 0.3 is 0 Å². The van der Waals surface area contributed by atoms with Crippen LogP contribution in [0.5, 0.6) is 5.75 Å². The highest BCUT2D eigenvalue weighted by molar-refractivity contribution is 5.96. The van der Waals surface area contributed by atoms with Crippen molar-refractivity contribution in [2.75, 3.05) is 20.2 Å². The second-order valence-electron chi connectivity index (χ2n) is 4.62. The molecular formula is C14H22N2O2. The number of hydrogen-bond acceptors (Lipinski definition) is 3. The van der Waals surface area contributed by atoms with Gasteiger partial charge in [0.1, 0.15) is 5.75 Å². The number of carbonyl (C=O) groups excluding carboxylic acids is 1. The largest absolute Gasteiger partial charge is 0.496 e. The zero-order valence-electron chi connectivity index (χ0n) is 11.5. The lowest BCUT2D eigenvalue weighted by Gasteiger charge is -2.14. The van der Waals surface area contributed by atoms with E-state index in [1.165, 1.54) is 0 Å². The monoisotopic (exact) mass is 250 g/mol. The fourth-order valence-corrected chi connectivity index (χ4v) is 1.71. The summed E-state index contributed by atoms with van der Waals surface area (Å²) in [6.45, 7) is 7.06. The lowest BCUT2D eigenvalue weighted by molar-refractivity contribution is 0.0948. The number of methoxy groups -OCH3 is 1. The average molecular weight is 250 g/mol. The number of carbonyl (C=O) groups is 1. The van der Waals surface area contributed by atoms with E-state index < -0.39 is 0 Å². The van der Waals surface area contributed by atoms with Crippen molar-refractivity contribution in [1.82, 2.24) is 5.32 Å². The van der Waals surface area contributed by atoms with Gasteiger partial charge in [0.15, 0.2) is 0 Å². The molecule has 1 aromatic carbocycles. The molecule has 0 heterocycles. The fraction of sp³-hybridized carbons (Fsp3) is 0.500. The van der Waals surface area contributed by atoms with E-state index in [0.717, 1.165) is 16.9 Å². The van der Waals surface area contributed by atoms with Crippen LogP contribution in [0.1, 0.15) is 28.4 Å². The first-order valence-corrected chi connectivity index (χ1v) is 6.13. The van der Waals surface area contributed by atoms with Gasteiger partial charge in [-0.25, -0.2) is 0 Å². The molecule has 3 N–H and O–H groups in total. The van der Waals surface area contributed by atoms with Gasteiger partial charge in [-0.3, -0.25) is 4.79 Å². The van der Waals surface area contributed by atoms with Gasteiger partial charge in [-0.05, 0) is 49.6 Å². The second-order valence-corrected chi connectivity index (χ2v) is 4.62. The predicted molar refractivity (Wildman–Crippen MR) is 73.0 cm³/mol. The van der Waals surface area contributed by atoms with E-state index in [1.54, 1.807) is 13.2 Å². The van der Waals surface area contributed by atoms with Crippen LogP contribution in [0.2, 0.25) is 0 Å². The van der Waals surface area contributed by atoms with E-state index in [-0.39, 0.29) is 11.8 Å². The highest BCUT2D eigenvalue weighted by atomic mass is 16.5. The molecule has 0 fully saturated rings. The summed E-state index contributed by atoms with van der Waals surface area (Å²) in [5.41, 5.74) is 8.16. The Morgan fingerprint density at radius 3 is 2.61 bits per heavy atom. The van der Waals surface area contributed by atoms with E-state index in [4.69, 9.17) is 10.5 Å². The number of amides is 1. The first-order valence-electron chi connectivity index (χ1n) is 6.13. The highest BCUT2D eigenvalue weighted by Gasteiger charge is 2.13. The molecule has 0 aliphatic carbocycles. The summed E-state index contributed by atoms with van der Waals surface area (Å²) in [4.78, 5) is 12.0. The van der Waals surface area contributed by atoms with Crippen LogP contribution in [0, 0.1) is 19.8 Å². The molecule has 0 aliphatic heterocycles. The third-order valence-electron chi connectivity index (χ3n) is 3.22. The molecule has 18 heavy (non-hydrogen) atoms. The van der Waals surface area contributed by atoms with Crippen LogP contribution in [-0.2, 0) is 0 Å². The molecule has 100 valence electrons. The van der Waals surface area contributed by atoms with Crippen molar-refractivity contribution in [2.24, 2.45) is 11.7 Å². The van der Waals surface area contributed by atoms with Crippen LogP contribution in [0.15, 0.2) is 12.1 Å². The van der Waals surface area contributed by atoms with Crippen LogP contribution < -0.4 is 15.8 Å². The molecule has 4 heteroatoms. The van der Waals surface area contributed by atoms with Gasteiger partial charge in [0.2, 0.25) is 0 Å². The van der Waals surface area contributed by atoms with Crippen LogP contribution in [0.3, 0.4) is 0 Å². The fourth-order valence-electron chi connectivity index (χ4n) is 1.71. The molecule has 0 bridgehead atoms. The summed E-state index contributed by atoms with van der Waals surface area (Å²) >= 11 is 0. The minimum Gasteiger partial charge on any atom is -0.496 e. The van der Waals surface area contributed by atoms with Gasteiger partial charge in [0, 0.05) is 12.1 Å². The van der Waals surface area contributed by atoms with Crippen LogP contribution in [0.25, 0.3) is 0 Å². The average Bonchev–Trinajstić information content (AvgIpc) is 2.38. The smallest absolute Gasteiger partial charge is 0.251 e. The zero-order chi connectivity index (χ0) is 13.7. The first-order chi connectivity index (χ1) is 8.51. The predicted octanol–water partition coefficient (Wildman–Crippen LogP) is 1.64. The van der Waals surface area contributed by atoms with Gasteiger partial charge in [0.05, 0.1) is 7.11 Å².